The third kappa shape index (κ3) is 2.68. The van der Waals surface area contributed by atoms with Crippen LogP contribution >= 0.6 is 0 Å². The van der Waals surface area contributed by atoms with Crippen molar-refractivity contribution in [3.8, 4) is 0 Å². The van der Waals surface area contributed by atoms with E-state index < -0.39 is 5.97 Å². The highest BCUT2D eigenvalue weighted by Crippen LogP contribution is 2.25. The van der Waals surface area contributed by atoms with E-state index in [1.807, 2.05) is 25.3 Å². The summed E-state index contributed by atoms with van der Waals surface area (Å²) >= 11 is 0. The number of hydrogen-bond donors (Lipinski definition) is 2. The summed E-state index contributed by atoms with van der Waals surface area (Å²) in [5.41, 5.74) is 2.39. The number of hydrogen-bond acceptors (Lipinski definition) is 3. The number of rotatable bonds is 3. The van der Waals surface area contributed by atoms with E-state index in [2.05, 4.69) is 10.4 Å². The molecule has 2 aromatic rings. The average molecular weight is 301 g/mol. The molecule has 0 aliphatic heterocycles. The van der Waals surface area contributed by atoms with E-state index in [-0.39, 0.29) is 17.9 Å². The molecule has 2 heterocycles. The predicted molar refractivity (Wildman–Crippen MR) is 80.8 cm³/mol. The molecule has 0 unspecified atom stereocenters. The minimum absolute atomic E-state index is 0.0436. The van der Waals surface area contributed by atoms with Crippen molar-refractivity contribution in [2.75, 3.05) is 0 Å². The number of carboxylic acids is 1. The lowest BCUT2D eigenvalue weighted by atomic mass is 9.86. The molecule has 0 spiro atoms. The first-order valence-electron chi connectivity index (χ1n) is 7.53. The molecule has 1 aliphatic carbocycles. The van der Waals surface area contributed by atoms with E-state index >= 15 is 0 Å². The number of carbonyl (C=O) groups excluding carboxylic acids is 1. The Morgan fingerprint density at radius 3 is 2.73 bits per heavy atom. The van der Waals surface area contributed by atoms with Crippen LogP contribution in [-0.2, 0) is 4.79 Å². The highest BCUT2D eigenvalue weighted by atomic mass is 16.4. The van der Waals surface area contributed by atoms with Crippen LogP contribution in [0.2, 0.25) is 0 Å². The molecule has 1 fully saturated rings. The predicted octanol–water partition coefficient (Wildman–Crippen LogP) is 2.02. The number of amides is 1. The van der Waals surface area contributed by atoms with Gasteiger partial charge in [0.1, 0.15) is 0 Å². The number of aliphatic carboxylic acids is 1. The highest BCUT2D eigenvalue weighted by molar-refractivity contribution is 6.01. The van der Waals surface area contributed by atoms with Crippen LogP contribution in [0.25, 0.3) is 5.52 Å². The smallest absolute Gasteiger partial charge is 0.306 e. The molecule has 3 rings (SSSR count). The van der Waals surface area contributed by atoms with E-state index in [0.717, 1.165) is 11.1 Å². The Kier molecular flexibility index (Phi) is 3.83. The molecule has 2 N–H and O–H groups in total. The minimum Gasteiger partial charge on any atom is -0.481 e. The molecule has 0 bridgehead atoms. The van der Waals surface area contributed by atoms with Crippen molar-refractivity contribution in [3.63, 3.8) is 0 Å². The van der Waals surface area contributed by atoms with Crippen LogP contribution in [0.1, 0.15) is 41.6 Å². The summed E-state index contributed by atoms with van der Waals surface area (Å²) in [6.45, 7) is 1.95. The lowest BCUT2D eigenvalue weighted by molar-refractivity contribution is -0.142. The molecule has 0 radical (unpaired) electrons. The molecule has 0 aromatic carbocycles. The van der Waals surface area contributed by atoms with Gasteiger partial charge < -0.3 is 10.4 Å². The molecule has 0 atom stereocenters. The van der Waals surface area contributed by atoms with Gasteiger partial charge in [-0.3, -0.25) is 9.59 Å². The van der Waals surface area contributed by atoms with Crippen molar-refractivity contribution < 1.29 is 14.7 Å². The van der Waals surface area contributed by atoms with Crippen molar-refractivity contribution in [1.29, 1.82) is 0 Å². The number of carboxylic acid groups (broad SMARTS) is 1. The molecule has 1 saturated carbocycles. The quantitative estimate of drug-likeness (QED) is 0.908. The lowest BCUT2D eigenvalue weighted by Gasteiger charge is -2.26. The van der Waals surface area contributed by atoms with Gasteiger partial charge >= 0.3 is 5.97 Å². The fourth-order valence-electron chi connectivity index (χ4n) is 3.13. The zero-order valence-electron chi connectivity index (χ0n) is 12.5. The third-order valence-corrected chi connectivity index (χ3v) is 4.40. The summed E-state index contributed by atoms with van der Waals surface area (Å²) in [7, 11) is 0. The van der Waals surface area contributed by atoms with Crippen molar-refractivity contribution in [1.82, 2.24) is 14.9 Å². The van der Waals surface area contributed by atoms with Crippen molar-refractivity contribution in [2.24, 2.45) is 5.92 Å². The van der Waals surface area contributed by atoms with Gasteiger partial charge in [0.2, 0.25) is 0 Å². The van der Waals surface area contributed by atoms with E-state index in [0.29, 0.717) is 31.2 Å². The van der Waals surface area contributed by atoms with Crippen LogP contribution in [0.5, 0.6) is 0 Å². The van der Waals surface area contributed by atoms with Crippen molar-refractivity contribution in [3.05, 3.63) is 35.7 Å². The molecule has 22 heavy (non-hydrogen) atoms. The third-order valence-electron chi connectivity index (χ3n) is 4.40. The Hall–Kier alpha value is -2.37. The number of pyridine rings is 1. The van der Waals surface area contributed by atoms with E-state index in [9.17, 15) is 9.59 Å². The summed E-state index contributed by atoms with van der Waals surface area (Å²) in [6, 6.07) is 3.89. The summed E-state index contributed by atoms with van der Waals surface area (Å²) in [5, 5.41) is 16.2. The van der Waals surface area contributed by atoms with Gasteiger partial charge in [0.05, 0.1) is 23.2 Å². The highest BCUT2D eigenvalue weighted by Gasteiger charge is 2.27. The van der Waals surface area contributed by atoms with Gasteiger partial charge in [0.15, 0.2) is 0 Å². The molecule has 0 saturated heterocycles. The molecule has 1 aliphatic rings. The van der Waals surface area contributed by atoms with E-state index in [1.54, 1.807) is 10.7 Å². The maximum Gasteiger partial charge on any atom is 0.306 e. The fraction of sp³-hybridized carbons (Fsp3) is 0.438. The van der Waals surface area contributed by atoms with Gasteiger partial charge in [-0.25, -0.2) is 4.52 Å². The van der Waals surface area contributed by atoms with Crippen molar-refractivity contribution >= 4 is 17.4 Å². The van der Waals surface area contributed by atoms with Crippen LogP contribution in [0.4, 0.5) is 0 Å². The standard InChI is InChI=1S/C16H19N3O3/c1-10-3-2-8-19-14(10)13(9-17-19)15(20)18-12-6-4-11(5-7-12)16(21)22/h2-3,8-9,11-12H,4-7H2,1H3,(H,18,20)(H,21,22). The normalized spacial score (nSPS) is 21.7. The molecular weight excluding hydrogens is 282 g/mol. The first-order chi connectivity index (χ1) is 10.6. The van der Waals surface area contributed by atoms with Crippen LogP contribution in [0.3, 0.4) is 0 Å². The van der Waals surface area contributed by atoms with Crippen LogP contribution in [-0.4, -0.2) is 32.6 Å². The Morgan fingerprint density at radius 1 is 1.32 bits per heavy atom. The number of fused-ring (bicyclic) bond motifs is 1. The van der Waals surface area contributed by atoms with Crippen LogP contribution in [0.15, 0.2) is 24.5 Å². The number of aromatic nitrogens is 2. The van der Waals surface area contributed by atoms with Crippen LogP contribution < -0.4 is 5.32 Å². The molecule has 1 amide bonds. The maximum atomic E-state index is 12.5. The maximum absolute atomic E-state index is 12.5. The molecular formula is C16H19N3O3. The van der Waals surface area contributed by atoms with Gasteiger partial charge in [-0.15, -0.1) is 0 Å². The van der Waals surface area contributed by atoms with Gasteiger partial charge in [-0.1, -0.05) is 6.07 Å². The summed E-state index contributed by atoms with van der Waals surface area (Å²) < 4.78 is 1.70. The average Bonchev–Trinajstić information content (AvgIpc) is 2.93. The Labute approximate surface area is 128 Å². The number of carbonyl (C=O) groups is 2. The Balaban J connectivity index is 1.71. The summed E-state index contributed by atoms with van der Waals surface area (Å²) in [5.74, 6) is -1.14. The van der Waals surface area contributed by atoms with E-state index in [1.165, 1.54) is 0 Å². The Bertz CT molecular complexity index is 714. The molecule has 116 valence electrons. The van der Waals surface area contributed by atoms with Gasteiger partial charge in [-0.05, 0) is 44.2 Å². The second kappa shape index (κ2) is 5.79. The van der Waals surface area contributed by atoms with Gasteiger partial charge in [0.25, 0.3) is 5.91 Å². The fourth-order valence-corrected chi connectivity index (χ4v) is 3.13. The molecule has 6 nitrogen and oxygen atoms in total. The van der Waals surface area contributed by atoms with Crippen LogP contribution in [0, 0.1) is 12.8 Å². The van der Waals surface area contributed by atoms with Gasteiger partial charge in [-0.2, -0.15) is 5.10 Å². The first-order valence-corrected chi connectivity index (χ1v) is 7.53. The number of nitrogens with one attached hydrogen (secondary N) is 1. The SMILES string of the molecule is Cc1cccn2ncc(C(=O)NC3CCC(C(=O)O)CC3)c12. The second-order valence-electron chi connectivity index (χ2n) is 5.90. The largest absolute Gasteiger partial charge is 0.481 e. The summed E-state index contributed by atoms with van der Waals surface area (Å²) in [6.07, 6.45) is 6.06. The Morgan fingerprint density at radius 2 is 2.05 bits per heavy atom. The number of nitrogens with zero attached hydrogens (tertiary/aromatic N) is 2. The zero-order valence-corrected chi connectivity index (χ0v) is 12.5. The summed E-state index contributed by atoms with van der Waals surface area (Å²) in [4.78, 5) is 23.4. The molecule has 6 heteroatoms. The second-order valence-corrected chi connectivity index (χ2v) is 5.90. The lowest BCUT2D eigenvalue weighted by Crippen LogP contribution is -2.38. The van der Waals surface area contributed by atoms with Gasteiger partial charge in [0, 0.05) is 12.2 Å². The zero-order chi connectivity index (χ0) is 15.7. The topological polar surface area (TPSA) is 83.7 Å². The monoisotopic (exact) mass is 301 g/mol. The minimum atomic E-state index is -0.733. The molecule has 2 aromatic heterocycles. The first kappa shape index (κ1) is 14.6. The van der Waals surface area contributed by atoms with E-state index in [4.69, 9.17) is 5.11 Å². The van der Waals surface area contributed by atoms with Crippen molar-refractivity contribution in [2.45, 2.75) is 38.6 Å². The number of aryl methyl sites for hydroxylation is 1.